The molecular weight excluding hydrogens is 284 g/mol. The first-order chi connectivity index (χ1) is 8.99. The van der Waals surface area contributed by atoms with Crippen LogP contribution in [0.3, 0.4) is 0 Å². The second-order valence-corrected chi connectivity index (χ2v) is 5.31. The topological polar surface area (TPSA) is 26.0 Å². The molecule has 0 spiro atoms. The highest BCUT2D eigenvalue weighted by atomic mass is 35.5. The zero-order valence-electron chi connectivity index (χ0n) is 10.5. The average molecular weight is 298 g/mol. The summed E-state index contributed by atoms with van der Waals surface area (Å²) >= 11 is 12.3. The molecule has 0 fully saturated rings. The van der Waals surface area contributed by atoms with E-state index in [9.17, 15) is 4.39 Å². The van der Waals surface area contributed by atoms with E-state index in [0.29, 0.717) is 22.0 Å². The van der Waals surface area contributed by atoms with Crippen molar-refractivity contribution in [1.29, 1.82) is 0 Å². The van der Waals surface area contributed by atoms with E-state index >= 15 is 0 Å². The fourth-order valence-electron chi connectivity index (χ4n) is 2.00. The van der Waals surface area contributed by atoms with E-state index in [1.165, 1.54) is 18.2 Å². The smallest absolute Gasteiger partial charge is 0.123 e. The summed E-state index contributed by atoms with van der Waals surface area (Å²) < 4.78 is 13.2. The van der Waals surface area contributed by atoms with Crippen LogP contribution in [0.1, 0.15) is 22.7 Å². The summed E-state index contributed by atoms with van der Waals surface area (Å²) in [4.78, 5) is 0. The highest BCUT2D eigenvalue weighted by molar-refractivity contribution is 6.32. The van der Waals surface area contributed by atoms with Crippen LogP contribution in [0.15, 0.2) is 36.4 Å². The van der Waals surface area contributed by atoms with E-state index in [1.54, 1.807) is 0 Å². The van der Waals surface area contributed by atoms with Crippen molar-refractivity contribution in [2.45, 2.75) is 19.4 Å². The van der Waals surface area contributed by atoms with Gasteiger partial charge in [0.05, 0.1) is 0 Å². The Hall–Kier alpha value is -1.09. The molecule has 0 saturated carbocycles. The Morgan fingerprint density at radius 1 is 1.21 bits per heavy atom. The molecule has 2 aromatic carbocycles. The van der Waals surface area contributed by atoms with Crippen molar-refractivity contribution in [3.05, 3.63) is 69.0 Å². The highest BCUT2D eigenvalue weighted by Gasteiger charge is 2.14. The van der Waals surface area contributed by atoms with E-state index in [0.717, 1.165) is 11.1 Å². The number of benzene rings is 2. The van der Waals surface area contributed by atoms with E-state index in [4.69, 9.17) is 28.9 Å². The molecule has 2 N–H and O–H groups in total. The normalized spacial score (nSPS) is 12.5. The summed E-state index contributed by atoms with van der Waals surface area (Å²) in [6.45, 7) is 1.92. The number of hydrogen-bond acceptors (Lipinski definition) is 1. The van der Waals surface area contributed by atoms with E-state index in [1.807, 2.05) is 25.1 Å². The van der Waals surface area contributed by atoms with Crippen molar-refractivity contribution in [2.24, 2.45) is 5.73 Å². The lowest BCUT2D eigenvalue weighted by Gasteiger charge is -2.16. The fraction of sp³-hybridized carbons (Fsp3) is 0.200. The number of rotatable bonds is 3. The van der Waals surface area contributed by atoms with Crippen LogP contribution >= 0.6 is 23.2 Å². The molecule has 0 aliphatic carbocycles. The van der Waals surface area contributed by atoms with Gasteiger partial charge in [-0.15, -0.1) is 0 Å². The van der Waals surface area contributed by atoms with E-state index in [2.05, 4.69) is 0 Å². The predicted octanol–water partition coefficient (Wildman–Crippen LogP) is 4.68. The van der Waals surface area contributed by atoms with Crippen molar-refractivity contribution in [3.8, 4) is 0 Å². The molecule has 0 heterocycles. The van der Waals surface area contributed by atoms with Crippen molar-refractivity contribution < 1.29 is 4.39 Å². The molecule has 0 aliphatic rings. The van der Waals surface area contributed by atoms with Gasteiger partial charge in [-0.3, -0.25) is 0 Å². The molecule has 0 aromatic heterocycles. The third-order valence-corrected chi connectivity index (χ3v) is 3.95. The lowest BCUT2D eigenvalue weighted by Crippen LogP contribution is -2.14. The van der Waals surface area contributed by atoms with Gasteiger partial charge in [-0.25, -0.2) is 4.39 Å². The first-order valence-electron chi connectivity index (χ1n) is 5.93. The Labute approximate surface area is 122 Å². The van der Waals surface area contributed by atoms with Crippen LogP contribution in [-0.2, 0) is 6.42 Å². The molecule has 0 bridgehead atoms. The molecule has 2 rings (SSSR count). The van der Waals surface area contributed by atoms with Crippen LogP contribution in [0.4, 0.5) is 4.39 Å². The van der Waals surface area contributed by atoms with Crippen LogP contribution in [-0.4, -0.2) is 0 Å². The third-order valence-electron chi connectivity index (χ3n) is 3.07. The molecule has 0 saturated heterocycles. The third kappa shape index (κ3) is 3.27. The Morgan fingerprint density at radius 3 is 2.68 bits per heavy atom. The first kappa shape index (κ1) is 14.3. The van der Waals surface area contributed by atoms with Crippen LogP contribution in [0, 0.1) is 12.7 Å². The van der Waals surface area contributed by atoms with Gasteiger partial charge in [0, 0.05) is 16.1 Å². The molecule has 100 valence electrons. The second-order valence-electron chi connectivity index (χ2n) is 4.52. The largest absolute Gasteiger partial charge is 0.324 e. The minimum absolute atomic E-state index is 0.313. The van der Waals surface area contributed by atoms with Gasteiger partial charge >= 0.3 is 0 Å². The van der Waals surface area contributed by atoms with Gasteiger partial charge in [-0.05, 0) is 48.2 Å². The van der Waals surface area contributed by atoms with Crippen molar-refractivity contribution >= 4 is 23.2 Å². The predicted molar refractivity (Wildman–Crippen MR) is 78.2 cm³/mol. The lowest BCUT2D eigenvalue weighted by molar-refractivity contribution is 0.622. The second kappa shape index (κ2) is 5.91. The van der Waals surface area contributed by atoms with Gasteiger partial charge in [0.1, 0.15) is 5.82 Å². The minimum Gasteiger partial charge on any atom is -0.324 e. The molecule has 19 heavy (non-hydrogen) atoms. The molecule has 1 atom stereocenters. The van der Waals surface area contributed by atoms with Gasteiger partial charge in [-0.1, -0.05) is 41.4 Å². The summed E-state index contributed by atoms with van der Waals surface area (Å²) in [7, 11) is 0. The maximum Gasteiger partial charge on any atom is 0.123 e. The van der Waals surface area contributed by atoms with Crippen LogP contribution in [0.25, 0.3) is 0 Å². The summed E-state index contributed by atoms with van der Waals surface area (Å²) in [6.07, 6.45) is 0.444. The van der Waals surface area contributed by atoms with E-state index < -0.39 is 0 Å². The quantitative estimate of drug-likeness (QED) is 0.874. The zero-order valence-corrected chi connectivity index (χ0v) is 12.0. The van der Waals surface area contributed by atoms with Crippen LogP contribution in [0.5, 0.6) is 0 Å². The number of hydrogen-bond donors (Lipinski definition) is 1. The number of nitrogens with two attached hydrogens (primary N) is 1. The highest BCUT2D eigenvalue weighted by Crippen LogP contribution is 2.29. The van der Waals surface area contributed by atoms with Crippen molar-refractivity contribution in [1.82, 2.24) is 0 Å². The fourth-order valence-corrected chi connectivity index (χ4v) is 2.46. The monoisotopic (exact) mass is 297 g/mol. The van der Waals surface area contributed by atoms with Gasteiger partial charge in [-0.2, -0.15) is 0 Å². The molecular formula is C15H14Cl2FN. The van der Waals surface area contributed by atoms with Gasteiger partial charge in [0.25, 0.3) is 0 Å². The minimum atomic E-state index is -0.318. The number of halogens is 3. The van der Waals surface area contributed by atoms with Crippen LogP contribution in [0.2, 0.25) is 10.0 Å². The summed E-state index contributed by atoms with van der Waals surface area (Å²) in [5, 5.41) is 1.17. The summed E-state index contributed by atoms with van der Waals surface area (Å²) in [5.41, 5.74) is 8.66. The summed E-state index contributed by atoms with van der Waals surface area (Å²) in [5.74, 6) is -0.318. The Balaban J connectivity index is 2.28. The first-order valence-corrected chi connectivity index (χ1v) is 6.69. The van der Waals surface area contributed by atoms with E-state index in [-0.39, 0.29) is 11.9 Å². The van der Waals surface area contributed by atoms with Crippen molar-refractivity contribution in [3.63, 3.8) is 0 Å². The molecule has 2 aromatic rings. The Kier molecular flexibility index (Phi) is 4.46. The Bertz CT molecular complexity index is 599. The maximum atomic E-state index is 13.2. The molecule has 0 amide bonds. The lowest BCUT2D eigenvalue weighted by atomic mass is 9.98. The maximum absolute atomic E-state index is 13.2. The zero-order chi connectivity index (χ0) is 14.0. The number of aryl methyl sites for hydroxylation is 1. The van der Waals surface area contributed by atoms with Crippen molar-refractivity contribution in [2.75, 3.05) is 0 Å². The molecule has 4 heteroatoms. The van der Waals surface area contributed by atoms with Crippen LogP contribution < -0.4 is 5.73 Å². The average Bonchev–Trinajstić information content (AvgIpc) is 2.37. The standard InChI is InChI=1S/C15H14Cl2FN/c1-9-3-2-4-12(15(9)17)14(19)8-10-7-11(18)5-6-13(10)16/h2-7,14H,8,19H2,1H3. The van der Waals surface area contributed by atoms with Gasteiger partial charge in [0.15, 0.2) is 0 Å². The summed E-state index contributed by atoms with van der Waals surface area (Å²) in [6, 6.07) is 9.68. The molecule has 1 unspecified atom stereocenters. The van der Waals surface area contributed by atoms with Gasteiger partial charge in [0.2, 0.25) is 0 Å². The Morgan fingerprint density at radius 2 is 1.95 bits per heavy atom. The molecule has 0 radical (unpaired) electrons. The molecule has 1 nitrogen and oxygen atoms in total. The SMILES string of the molecule is Cc1cccc(C(N)Cc2cc(F)ccc2Cl)c1Cl. The van der Waals surface area contributed by atoms with Gasteiger partial charge < -0.3 is 5.73 Å². The molecule has 0 aliphatic heterocycles.